The summed E-state index contributed by atoms with van der Waals surface area (Å²) in [5.74, 6) is -0.332. The molecule has 2 aromatic carbocycles. The minimum Gasteiger partial charge on any atom is -0.423 e. The Bertz CT molecular complexity index is 825. The van der Waals surface area contributed by atoms with E-state index in [0.29, 0.717) is 17.5 Å². The number of carbonyl (C=O) groups excluding carboxylic acids is 1. The number of carbonyl (C=O) groups is 1. The zero-order valence-corrected chi connectivity index (χ0v) is 13.8. The van der Waals surface area contributed by atoms with Gasteiger partial charge in [-0.2, -0.15) is 4.98 Å². The molecule has 0 saturated heterocycles. The Labute approximate surface area is 145 Å². The van der Waals surface area contributed by atoms with E-state index in [4.69, 9.17) is 9.83 Å². The number of hydrogen-bond acceptors (Lipinski definition) is 4. The van der Waals surface area contributed by atoms with Gasteiger partial charge in [0, 0.05) is 6.42 Å². The third-order valence-corrected chi connectivity index (χ3v) is 3.75. The molecule has 1 aromatic heterocycles. The van der Waals surface area contributed by atoms with Crippen LogP contribution in [0.5, 0.6) is 0 Å². The first-order chi connectivity index (χ1) is 12.2. The average molecular weight is 336 g/mol. The van der Waals surface area contributed by atoms with Crippen LogP contribution < -0.4 is 10.6 Å². The Hall–Kier alpha value is -3.15. The van der Waals surface area contributed by atoms with Gasteiger partial charge < -0.3 is 4.42 Å². The molecule has 25 heavy (non-hydrogen) atoms. The molecular weight excluding hydrogens is 316 g/mol. The molecule has 0 spiro atoms. The van der Waals surface area contributed by atoms with Crippen molar-refractivity contribution in [2.75, 3.05) is 5.32 Å². The van der Waals surface area contributed by atoms with Crippen LogP contribution in [0.25, 0.3) is 11.1 Å². The van der Waals surface area contributed by atoms with E-state index >= 15 is 0 Å². The monoisotopic (exact) mass is 336 g/mol. The highest BCUT2D eigenvalue weighted by Gasteiger charge is 2.09. The summed E-state index contributed by atoms with van der Waals surface area (Å²) in [6.07, 6.45) is 3.04. The molecule has 0 aliphatic heterocycles. The van der Waals surface area contributed by atoms with Gasteiger partial charge in [-0.05, 0) is 37.0 Å². The molecule has 0 aliphatic carbocycles. The number of guanidine groups is 1. The number of anilines is 1. The molecule has 6 nitrogen and oxygen atoms in total. The summed E-state index contributed by atoms with van der Waals surface area (Å²) in [5.41, 5.74) is 2.60. The van der Waals surface area contributed by atoms with Crippen molar-refractivity contribution in [1.29, 1.82) is 5.41 Å². The number of amides is 1. The first-order valence-electron chi connectivity index (χ1n) is 8.25. The molecule has 0 aliphatic rings. The minimum atomic E-state index is -0.193. The first-order valence-corrected chi connectivity index (χ1v) is 8.25. The van der Waals surface area contributed by atoms with Crippen molar-refractivity contribution >= 4 is 29.0 Å². The van der Waals surface area contributed by atoms with Crippen LogP contribution in [0, 0.1) is 5.41 Å². The van der Waals surface area contributed by atoms with Crippen molar-refractivity contribution < 1.29 is 9.21 Å². The highest BCUT2D eigenvalue weighted by Crippen LogP contribution is 2.17. The summed E-state index contributed by atoms with van der Waals surface area (Å²) >= 11 is 0. The summed E-state index contributed by atoms with van der Waals surface area (Å²) in [7, 11) is 0. The SMILES string of the molecule is N=C(NC(=O)CCCCc1ccccc1)Nc1nc2ccccc2o1. The maximum absolute atomic E-state index is 11.9. The van der Waals surface area contributed by atoms with Crippen LogP contribution in [-0.4, -0.2) is 16.9 Å². The van der Waals surface area contributed by atoms with Gasteiger partial charge >= 0.3 is 6.01 Å². The molecule has 3 aromatic rings. The standard InChI is InChI=1S/C19H20N4O2/c20-18(23-19-21-15-11-5-6-12-16(15)25-19)22-17(24)13-7-4-10-14-8-2-1-3-9-14/h1-3,5-6,8-9,11-12H,4,7,10,13H2,(H3,20,21,22,23,24). The van der Waals surface area contributed by atoms with E-state index < -0.39 is 0 Å². The maximum Gasteiger partial charge on any atom is 0.302 e. The molecule has 6 heteroatoms. The normalized spacial score (nSPS) is 10.6. The number of fused-ring (bicyclic) bond motifs is 1. The molecule has 1 heterocycles. The Morgan fingerprint density at radius 1 is 1.04 bits per heavy atom. The van der Waals surface area contributed by atoms with E-state index in [-0.39, 0.29) is 17.9 Å². The van der Waals surface area contributed by atoms with Gasteiger partial charge in [-0.3, -0.25) is 20.8 Å². The van der Waals surface area contributed by atoms with Gasteiger partial charge in [0.05, 0.1) is 0 Å². The quantitative estimate of drug-likeness (QED) is 0.363. The molecule has 0 bridgehead atoms. The van der Waals surface area contributed by atoms with Crippen molar-refractivity contribution in [1.82, 2.24) is 10.3 Å². The summed E-state index contributed by atoms with van der Waals surface area (Å²) in [4.78, 5) is 16.1. The lowest BCUT2D eigenvalue weighted by Crippen LogP contribution is -2.34. The van der Waals surface area contributed by atoms with Crippen molar-refractivity contribution in [3.8, 4) is 0 Å². The summed E-state index contributed by atoms with van der Waals surface area (Å²) in [6.45, 7) is 0. The number of rotatable bonds is 6. The summed E-state index contributed by atoms with van der Waals surface area (Å²) in [6, 6.07) is 17.7. The lowest BCUT2D eigenvalue weighted by molar-refractivity contribution is -0.119. The second-order valence-electron chi connectivity index (χ2n) is 5.73. The molecule has 0 fully saturated rings. The van der Waals surface area contributed by atoms with Gasteiger partial charge in [-0.1, -0.05) is 42.5 Å². The maximum atomic E-state index is 11.9. The number of aromatic nitrogens is 1. The fourth-order valence-electron chi connectivity index (χ4n) is 2.53. The van der Waals surface area contributed by atoms with Crippen LogP contribution in [0.1, 0.15) is 24.8 Å². The van der Waals surface area contributed by atoms with Gasteiger partial charge in [0.25, 0.3) is 0 Å². The Balaban J connectivity index is 1.39. The molecule has 1 amide bonds. The van der Waals surface area contributed by atoms with E-state index in [1.54, 1.807) is 6.07 Å². The third-order valence-electron chi connectivity index (χ3n) is 3.75. The van der Waals surface area contributed by atoms with Crippen LogP contribution in [0.15, 0.2) is 59.0 Å². The molecule has 3 N–H and O–H groups in total. The Morgan fingerprint density at radius 3 is 2.60 bits per heavy atom. The topological polar surface area (TPSA) is 91.0 Å². The van der Waals surface area contributed by atoms with Crippen LogP contribution in [0.3, 0.4) is 0 Å². The van der Waals surface area contributed by atoms with Gasteiger partial charge in [0.1, 0.15) is 5.52 Å². The fraction of sp³-hybridized carbons (Fsp3) is 0.211. The lowest BCUT2D eigenvalue weighted by Gasteiger charge is -2.06. The molecule has 128 valence electrons. The highest BCUT2D eigenvalue weighted by atomic mass is 16.4. The van der Waals surface area contributed by atoms with Gasteiger partial charge in [-0.15, -0.1) is 0 Å². The van der Waals surface area contributed by atoms with Crippen molar-refractivity contribution in [3.05, 3.63) is 60.2 Å². The molecular formula is C19H20N4O2. The third kappa shape index (κ3) is 4.91. The number of oxazole rings is 1. The van der Waals surface area contributed by atoms with E-state index in [1.807, 2.05) is 36.4 Å². The molecule has 3 rings (SSSR count). The minimum absolute atomic E-state index is 0.139. The average Bonchev–Trinajstić information content (AvgIpc) is 3.01. The molecule has 0 unspecified atom stereocenters. The van der Waals surface area contributed by atoms with E-state index in [2.05, 4.69) is 27.8 Å². The molecule has 0 atom stereocenters. The van der Waals surface area contributed by atoms with Crippen molar-refractivity contribution in [2.45, 2.75) is 25.7 Å². The largest absolute Gasteiger partial charge is 0.423 e. The van der Waals surface area contributed by atoms with Crippen molar-refractivity contribution in [3.63, 3.8) is 0 Å². The molecule has 0 radical (unpaired) electrons. The zero-order valence-electron chi connectivity index (χ0n) is 13.8. The van der Waals surface area contributed by atoms with Gasteiger partial charge in [0.15, 0.2) is 5.58 Å². The van der Waals surface area contributed by atoms with Crippen LogP contribution in [-0.2, 0) is 11.2 Å². The Morgan fingerprint density at radius 2 is 1.80 bits per heavy atom. The number of benzene rings is 2. The highest BCUT2D eigenvalue weighted by molar-refractivity contribution is 6.01. The van der Waals surface area contributed by atoms with Crippen LogP contribution >= 0.6 is 0 Å². The van der Waals surface area contributed by atoms with E-state index in [9.17, 15) is 4.79 Å². The molecule has 0 saturated carbocycles. The smallest absolute Gasteiger partial charge is 0.302 e. The van der Waals surface area contributed by atoms with Gasteiger partial charge in [0.2, 0.25) is 11.9 Å². The summed E-state index contributed by atoms with van der Waals surface area (Å²) < 4.78 is 5.45. The van der Waals surface area contributed by atoms with Gasteiger partial charge in [-0.25, -0.2) is 0 Å². The predicted octanol–water partition coefficient (Wildman–Crippen LogP) is 3.70. The second kappa shape index (κ2) is 8.10. The summed E-state index contributed by atoms with van der Waals surface area (Å²) in [5, 5.41) is 13.0. The number of nitrogens with zero attached hydrogens (tertiary/aromatic N) is 1. The fourth-order valence-corrected chi connectivity index (χ4v) is 2.53. The number of aryl methyl sites for hydroxylation is 1. The first kappa shape index (κ1) is 16.7. The number of para-hydroxylation sites is 2. The number of unbranched alkanes of at least 4 members (excludes halogenated alkanes) is 1. The number of nitrogens with one attached hydrogen (secondary N) is 3. The van der Waals surface area contributed by atoms with Crippen molar-refractivity contribution in [2.24, 2.45) is 0 Å². The Kier molecular flexibility index (Phi) is 5.41. The second-order valence-corrected chi connectivity index (χ2v) is 5.73. The van der Waals surface area contributed by atoms with Crippen LogP contribution in [0.2, 0.25) is 0 Å². The number of hydrogen-bond donors (Lipinski definition) is 3. The van der Waals surface area contributed by atoms with E-state index in [1.165, 1.54) is 5.56 Å². The van der Waals surface area contributed by atoms with E-state index in [0.717, 1.165) is 19.3 Å². The zero-order chi connectivity index (χ0) is 17.5. The lowest BCUT2D eigenvalue weighted by atomic mass is 10.1. The van der Waals surface area contributed by atoms with Crippen LogP contribution in [0.4, 0.5) is 6.01 Å². The predicted molar refractivity (Wildman–Crippen MR) is 97.5 cm³/mol.